The highest BCUT2D eigenvalue weighted by molar-refractivity contribution is 6.30. The summed E-state index contributed by atoms with van der Waals surface area (Å²) in [4.78, 5) is 11.7. The van der Waals surface area contributed by atoms with Gasteiger partial charge in [0.05, 0.1) is 12.7 Å². The molecule has 1 aromatic carbocycles. The van der Waals surface area contributed by atoms with Crippen LogP contribution in [0, 0.1) is 0 Å². The monoisotopic (exact) mass is 300 g/mol. The predicted molar refractivity (Wildman–Crippen MR) is 75.7 cm³/mol. The Labute approximate surface area is 122 Å². The van der Waals surface area contributed by atoms with Crippen LogP contribution in [0.15, 0.2) is 24.3 Å². The summed E-state index contributed by atoms with van der Waals surface area (Å²) in [6.45, 7) is 0.504. The Balaban J connectivity index is 1.90. The van der Waals surface area contributed by atoms with E-state index in [0.29, 0.717) is 24.6 Å². The van der Waals surface area contributed by atoms with Crippen LogP contribution in [0.2, 0.25) is 5.02 Å². The molecule has 1 aliphatic rings. The fourth-order valence-corrected chi connectivity index (χ4v) is 2.33. The van der Waals surface area contributed by atoms with Crippen molar-refractivity contribution in [2.24, 2.45) is 0 Å². The van der Waals surface area contributed by atoms with Crippen LogP contribution < -0.4 is 10.6 Å². The van der Waals surface area contributed by atoms with Gasteiger partial charge in [0.25, 0.3) is 0 Å². The smallest absolute Gasteiger partial charge is 0.315 e. The number of ether oxygens (including phenoxy) is 1. The Hall–Kier alpha value is -1.33. The van der Waals surface area contributed by atoms with Crippen LogP contribution in [-0.2, 0) is 4.74 Å². The predicted octanol–water partition coefficient (Wildman–Crippen LogP) is 2.83. The van der Waals surface area contributed by atoms with E-state index >= 15 is 0 Å². The Morgan fingerprint density at radius 1 is 1.40 bits per heavy atom. The lowest BCUT2D eigenvalue weighted by atomic mass is 10.0. The summed E-state index contributed by atoms with van der Waals surface area (Å²) < 4.78 is 17.6. The molecule has 0 aliphatic carbocycles. The van der Waals surface area contributed by atoms with Crippen LogP contribution in [0.3, 0.4) is 0 Å². The molecule has 110 valence electrons. The number of carbonyl (C=O) groups is 1. The van der Waals surface area contributed by atoms with Gasteiger partial charge in [0.15, 0.2) is 0 Å². The maximum atomic E-state index is 12.0. The lowest BCUT2D eigenvalue weighted by molar-refractivity contribution is 0.0999. The van der Waals surface area contributed by atoms with Crippen LogP contribution in [0.5, 0.6) is 0 Å². The molecule has 2 N–H and O–H groups in total. The number of amides is 2. The van der Waals surface area contributed by atoms with Gasteiger partial charge in [-0.15, -0.1) is 0 Å². The summed E-state index contributed by atoms with van der Waals surface area (Å²) >= 11 is 5.86. The molecule has 6 heteroatoms. The fourth-order valence-electron chi connectivity index (χ4n) is 2.21. The molecule has 1 fully saturated rings. The van der Waals surface area contributed by atoms with Crippen molar-refractivity contribution in [3.05, 3.63) is 34.9 Å². The zero-order chi connectivity index (χ0) is 14.4. The first kappa shape index (κ1) is 15.1. The number of halogens is 2. The molecule has 2 rings (SSSR count). The normalized spacial score (nSPS) is 21.7. The maximum absolute atomic E-state index is 12.0. The van der Waals surface area contributed by atoms with Crippen molar-refractivity contribution in [2.45, 2.75) is 25.0 Å². The molecule has 0 spiro atoms. The quantitative estimate of drug-likeness (QED) is 0.822. The van der Waals surface area contributed by atoms with Crippen LogP contribution in [-0.4, -0.2) is 31.9 Å². The van der Waals surface area contributed by atoms with Crippen molar-refractivity contribution in [1.82, 2.24) is 10.6 Å². The summed E-state index contributed by atoms with van der Waals surface area (Å²) in [5.41, 5.74) is 0.987. The molecular formula is C14H18ClFN2O2. The topological polar surface area (TPSA) is 50.4 Å². The van der Waals surface area contributed by atoms with Crippen molar-refractivity contribution in [3.8, 4) is 0 Å². The van der Waals surface area contributed by atoms with Gasteiger partial charge in [-0.2, -0.15) is 0 Å². The standard InChI is InChI=1S/C14H18ClFN2O2/c15-11-4-2-10(3-5-11)13-12(6-9-20-13)18-14(19)17-8-1-7-16/h2-5,12-13H,1,6-9H2,(H2,17,18,19)/t12-,13+/m0/s1. The second-order valence-electron chi connectivity index (χ2n) is 4.68. The zero-order valence-corrected chi connectivity index (χ0v) is 11.8. The third kappa shape index (κ3) is 4.08. The maximum Gasteiger partial charge on any atom is 0.315 e. The van der Waals surface area contributed by atoms with E-state index in [9.17, 15) is 9.18 Å². The van der Waals surface area contributed by atoms with Gasteiger partial charge in [-0.05, 0) is 30.5 Å². The second-order valence-corrected chi connectivity index (χ2v) is 5.12. The number of carbonyl (C=O) groups excluding carboxylic acids is 1. The average molecular weight is 301 g/mol. The van der Waals surface area contributed by atoms with E-state index in [-0.39, 0.29) is 18.2 Å². The number of urea groups is 1. The van der Waals surface area contributed by atoms with E-state index < -0.39 is 6.67 Å². The Morgan fingerprint density at radius 3 is 2.85 bits per heavy atom. The summed E-state index contributed by atoms with van der Waals surface area (Å²) in [5.74, 6) is 0. The minimum absolute atomic E-state index is 0.0819. The highest BCUT2D eigenvalue weighted by Crippen LogP contribution is 2.29. The Kier molecular flexibility index (Phi) is 5.61. The Morgan fingerprint density at radius 2 is 2.15 bits per heavy atom. The fraction of sp³-hybridized carbons (Fsp3) is 0.500. The summed E-state index contributed by atoms with van der Waals surface area (Å²) in [7, 11) is 0. The molecule has 2 amide bonds. The van der Waals surface area contributed by atoms with Crippen molar-refractivity contribution >= 4 is 17.6 Å². The first-order chi connectivity index (χ1) is 9.70. The van der Waals surface area contributed by atoms with Gasteiger partial charge in [0.2, 0.25) is 0 Å². The molecule has 20 heavy (non-hydrogen) atoms. The molecule has 0 saturated carbocycles. The molecule has 0 aromatic heterocycles. The van der Waals surface area contributed by atoms with Gasteiger partial charge in [-0.3, -0.25) is 4.39 Å². The number of hydrogen-bond acceptors (Lipinski definition) is 2. The lowest BCUT2D eigenvalue weighted by Crippen LogP contribution is -2.43. The first-order valence-electron chi connectivity index (χ1n) is 6.68. The van der Waals surface area contributed by atoms with Gasteiger partial charge >= 0.3 is 6.03 Å². The zero-order valence-electron chi connectivity index (χ0n) is 11.1. The number of benzene rings is 1. The summed E-state index contributed by atoms with van der Waals surface area (Å²) in [6, 6.07) is 7.03. The molecule has 0 unspecified atom stereocenters. The molecular weight excluding hydrogens is 283 g/mol. The van der Waals surface area contributed by atoms with E-state index in [1.165, 1.54) is 0 Å². The van der Waals surface area contributed by atoms with Crippen molar-refractivity contribution in [3.63, 3.8) is 0 Å². The highest BCUT2D eigenvalue weighted by Gasteiger charge is 2.30. The molecule has 2 atom stereocenters. The summed E-state index contributed by atoms with van der Waals surface area (Å²) in [6.07, 6.45) is 0.915. The lowest BCUT2D eigenvalue weighted by Gasteiger charge is -2.20. The van der Waals surface area contributed by atoms with Gasteiger partial charge in [0, 0.05) is 18.2 Å². The van der Waals surface area contributed by atoms with Crippen LogP contribution >= 0.6 is 11.6 Å². The van der Waals surface area contributed by atoms with Gasteiger partial charge in [-0.1, -0.05) is 23.7 Å². The second kappa shape index (κ2) is 7.45. The number of hydrogen-bond donors (Lipinski definition) is 2. The van der Waals surface area contributed by atoms with E-state index in [0.717, 1.165) is 12.0 Å². The van der Waals surface area contributed by atoms with E-state index in [4.69, 9.17) is 16.3 Å². The van der Waals surface area contributed by atoms with Crippen molar-refractivity contribution < 1.29 is 13.9 Å². The molecule has 0 bridgehead atoms. The van der Waals surface area contributed by atoms with Crippen LogP contribution in [0.1, 0.15) is 24.5 Å². The average Bonchev–Trinajstić information content (AvgIpc) is 2.88. The van der Waals surface area contributed by atoms with Gasteiger partial charge in [0.1, 0.15) is 6.10 Å². The third-order valence-corrected chi connectivity index (χ3v) is 3.45. The first-order valence-corrected chi connectivity index (χ1v) is 7.06. The van der Waals surface area contributed by atoms with Gasteiger partial charge in [-0.25, -0.2) is 4.79 Å². The van der Waals surface area contributed by atoms with E-state index in [1.807, 2.05) is 12.1 Å². The molecule has 1 heterocycles. The van der Waals surface area contributed by atoms with Crippen LogP contribution in [0.25, 0.3) is 0 Å². The number of nitrogens with one attached hydrogen (secondary N) is 2. The molecule has 1 aliphatic heterocycles. The minimum atomic E-state index is -0.430. The van der Waals surface area contributed by atoms with Crippen molar-refractivity contribution in [2.75, 3.05) is 19.8 Å². The number of alkyl halides is 1. The largest absolute Gasteiger partial charge is 0.371 e. The third-order valence-electron chi connectivity index (χ3n) is 3.20. The van der Waals surface area contributed by atoms with Crippen molar-refractivity contribution in [1.29, 1.82) is 0 Å². The van der Waals surface area contributed by atoms with Crippen LogP contribution in [0.4, 0.5) is 9.18 Å². The molecule has 1 saturated heterocycles. The summed E-state index contributed by atoms with van der Waals surface area (Å²) in [5, 5.41) is 6.16. The minimum Gasteiger partial charge on any atom is -0.371 e. The van der Waals surface area contributed by atoms with E-state index in [2.05, 4.69) is 10.6 Å². The SMILES string of the molecule is O=C(NCCCF)N[C@H]1CCO[C@@H]1c1ccc(Cl)cc1. The number of rotatable bonds is 5. The van der Waals surface area contributed by atoms with Gasteiger partial charge < -0.3 is 15.4 Å². The Bertz CT molecular complexity index is 441. The molecule has 4 nitrogen and oxygen atoms in total. The molecule has 1 aromatic rings. The highest BCUT2D eigenvalue weighted by atomic mass is 35.5. The molecule has 0 radical (unpaired) electrons. The van der Waals surface area contributed by atoms with E-state index in [1.54, 1.807) is 12.1 Å².